The maximum absolute atomic E-state index is 4.36. The van der Waals surface area contributed by atoms with E-state index >= 15 is 0 Å². The molecule has 1 aliphatic carbocycles. The predicted molar refractivity (Wildman–Crippen MR) is 361 cm³/mol. The minimum Gasteiger partial charge on any atom is -0.510 e. The largest absolute Gasteiger partial charge is 0.510 e. The summed E-state index contributed by atoms with van der Waals surface area (Å²) in [5.41, 5.74) is 16.4. The summed E-state index contributed by atoms with van der Waals surface area (Å²) in [7, 11) is 6.04. The summed E-state index contributed by atoms with van der Waals surface area (Å²) in [4.78, 5) is 25.0. The maximum atomic E-state index is 4.36. The van der Waals surface area contributed by atoms with E-state index in [2.05, 4.69) is 204 Å². The van der Waals surface area contributed by atoms with Crippen LogP contribution in [0.1, 0.15) is 38.8 Å². The zero-order chi connectivity index (χ0) is 60.8. The van der Waals surface area contributed by atoms with E-state index in [4.69, 9.17) is 0 Å². The van der Waals surface area contributed by atoms with E-state index in [-0.39, 0.29) is 106 Å². The zero-order valence-electron chi connectivity index (χ0n) is 52.5. The smallest absolute Gasteiger partial charge is 0.0461 e. The fraction of sp³-hybridized carbons (Fsp3) is 0.117. The summed E-state index contributed by atoms with van der Waals surface area (Å²) in [6, 6.07) is 84.6. The van der Waals surface area contributed by atoms with E-state index in [1.807, 2.05) is 224 Å². The van der Waals surface area contributed by atoms with E-state index < -0.39 is 0 Å². The Balaban J connectivity index is 0.000000183. The van der Waals surface area contributed by atoms with Crippen molar-refractivity contribution < 1.29 is 101 Å². The number of hydrogen-bond donors (Lipinski definition) is 0. The summed E-state index contributed by atoms with van der Waals surface area (Å²) in [6.45, 7) is 19.2. The minimum absolute atomic E-state index is 0. The molecule has 0 spiro atoms. The summed E-state index contributed by atoms with van der Waals surface area (Å²) in [5.74, 6) is 0. The predicted octanol–water partition coefficient (Wildman–Crippen LogP) is 16.5. The average Bonchev–Trinajstić information content (AvgIpc) is 1.58. The first kappa shape index (κ1) is 74.9. The zero-order valence-corrected chi connectivity index (χ0v) is 64.4. The summed E-state index contributed by atoms with van der Waals surface area (Å²) < 4.78 is 0. The van der Waals surface area contributed by atoms with Gasteiger partial charge in [-0.1, -0.05) is 98.3 Å². The maximum Gasteiger partial charge on any atom is 0.0461 e. The molecule has 0 N–H and O–H groups in total. The van der Waals surface area contributed by atoms with Crippen molar-refractivity contribution >= 4 is 34.1 Å². The van der Waals surface area contributed by atoms with Crippen LogP contribution in [0.15, 0.2) is 268 Å². The van der Waals surface area contributed by atoms with Crippen molar-refractivity contribution in [3.63, 3.8) is 0 Å². The number of para-hydroxylation sites is 3. The molecule has 1 aromatic heterocycles. The third-order valence-corrected chi connectivity index (χ3v) is 15.2. The quantitative estimate of drug-likeness (QED) is 0.130. The van der Waals surface area contributed by atoms with Gasteiger partial charge < -0.3 is 49.0 Å². The third kappa shape index (κ3) is 19.3. The van der Waals surface area contributed by atoms with Gasteiger partial charge in [-0.2, -0.15) is 136 Å². The van der Waals surface area contributed by atoms with E-state index in [1.165, 1.54) is 33.4 Å². The number of nitrogens with zero attached hydrogens (tertiary/aromatic N) is 11. The van der Waals surface area contributed by atoms with Crippen LogP contribution in [0.2, 0.25) is 0 Å². The van der Waals surface area contributed by atoms with Crippen LogP contribution in [0.25, 0.3) is 33.5 Å². The Bertz CT molecular complexity index is 3720. The Labute approximate surface area is 619 Å². The average molecular weight is 2110 g/mol. The molecule has 9 aromatic rings. The molecule has 6 heterocycles. The van der Waals surface area contributed by atoms with Crippen molar-refractivity contribution in [3.05, 3.63) is 343 Å². The van der Waals surface area contributed by atoms with Crippen molar-refractivity contribution in [2.24, 2.45) is 0 Å². The van der Waals surface area contributed by atoms with Crippen molar-refractivity contribution in [3.8, 4) is 33.5 Å². The molecule has 93 heavy (non-hydrogen) atoms. The van der Waals surface area contributed by atoms with Crippen LogP contribution in [0.5, 0.6) is 0 Å². The molecule has 11 nitrogen and oxygen atoms in total. The number of rotatable bonds is 9. The SMILES string of the molecule is CC(C)N1C=CN(c2[c-]cccc2)[CH-]1.CN1C=CN(c2[c-]cc3c(c2)C(C)(C)c2ccccc2-3)[CH-]1.CN1C=CN(c2[c-]ccc(-c3ccccc3)c2)[CH-]1.CN1C=CN(c2[c-]ccc(-c3ccccn3)c2)[CH-]1.[Ir].[Ir].[Ir].[Ir].[Ir].[c-]1ccccc1N1C=CN(c2ccccc2)[CH-]1. The fourth-order valence-corrected chi connectivity index (χ4v) is 10.4. The van der Waals surface area contributed by atoms with Crippen LogP contribution in [0, 0.1) is 63.7 Å². The first-order valence-electron chi connectivity index (χ1n) is 29.4. The second kappa shape index (κ2) is 35.9. The molecule has 0 saturated carbocycles. The number of benzene rings is 8. The van der Waals surface area contributed by atoms with Gasteiger partial charge in [-0.05, 0) is 144 Å². The number of fused-ring (bicyclic) bond motifs is 3. The van der Waals surface area contributed by atoms with Crippen LogP contribution in [0.3, 0.4) is 0 Å². The molecule has 15 rings (SSSR count). The van der Waals surface area contributed by atoms with Crippen molar-refractivity contribution in [1.29, 1.82) is 0 Å². The second-order valence-electron chi connectivity index (χ2n) is 22.2. The summed E-state index contributed by atoms with van der Waals surface area (Å²) in [6.07, 6.45) is 22.2. The molecule has 0 bridgehead atoms. The van der Waals surface area contributed by atoms with Crippen LogP contribution in [0.4, 0.5) is 34.1 Å². The van der Waals surface area contributed by atoms with Crippen molar-refractivity contribution in [2.75, 3.05) is 50.5 Å². The molecule has 5 aliphatic heterocycles. The molecule has 0 saturated heterocycles. The number of pyridine rings is 1. The molecule has 5 radical (unpaired) electrons. The molecule has 0 amide bonds. The first-order chi connectivity index (χ1) is 42.9. The minimum atomic E-state index is 0. The van der Waals surface area contributed by atoms with Gasteiger partial charge in [0.25, 0.3) is 0 Å². The normalized spacial score (nSPS) is 14.6. The molecule has 0 fully saturated rings. The molecule has 0 unspecified atom stereocenters. The molecule has 6 aliphatic rings. The van der Waals surface area contributed by atoms with Crippen LogP contribution in [-0.4, -0.2) is 51.8 Å². The second-order valence-corrected chi connectivity index (χ2v) is 22.2. The number of anilines is 6. The van der Waals surface area contributed by atoms with Gasteiger partial charge in [0, 0.05) is 118 Å². The van der Waals surface area contributed by atoms with E-state index in [0.717, 1.165) is 45.4 Å². The fourth-order valence-electron chi connectivity index (χ4n) is 10.4. The van der Waals surface area contributed by atoms with Crippen LogP contribution in [-0.2, 0) is 106 Å². The molecular formula is C77H71Ir5N11-10. The third-order valence-electron chi connectivity index (χ3n) is 15.2. The topological polar surface area (TPSA) is 45.3 Å². The monoisotopic (exact) mass is 2110 g/mol. The number of hydrogen-bond acceptors (Lipinski definition) is 11. The Kier molecular flexibility index (Phi) is 28.9. The van der Waals surface area contributed by atoms with Gasteiger partial charge in [-0.3, -0.25) is 4.98 Å². The Morgan fingerprint density at radius 2 is 0.828 bits per heavy atom. The Morgan fingerprint density at radius 1 is 0.366 bits per heavy atom. The van der Waals surface area contributed by atoms with Gasteiger partial charge >= 0.3 is 0 Å². The first-order valence-corrected chi connectivity index (χ1v) is 29.4. The van der Waals surface area contributed by atoms with Crippen LogP contribution < -0.4 is 29.4 Å². The molecule has 489 valence electrons. The van der Waals surface area contributed by atoms with E-state index in [9.17, 15) is 0 Å². The van der Waals surface area contributed by atoms with Gasteiger partial charge in [0.05, 0.1) is 0 Å². The van der Waals surface area contributed by atoms with Crippen molar-refractivity contribution in [2.45, 2.75) is 39.2 Å². The van der Waals surface area contributed by atoms with Gasteiger partial charge in [-0.25, -0.2) is 0 Å². The molecule has 0 atom stereocenters. The standard InChI is InChI=1S/C19H18N2.C16H14N2.C15H13N3.C15H12N2.C12H14N2.5Ir/c1-19(2)17-7-5-4-6-15(17)16-9-8-14(12-18(16)19)21-11-10-20(3)13-21;1-17-10-11-18(13-17)16-9-5-8-15(12-16)14-6-3-2-4-7-14;1-17-9-10-18(12-17)14-6-4-5-13(11-14)15-7-2-3-8-16-15;1-3-7-14(8-4-1)16-11-12-17(13-16)15-9-5-2-6-10-15;1-11(2)13-8-9-14(10-13)12-6-4-3-5-7-12;;;;;/h4-7,9-13H,1-3H3;2-8,10-13H,1H3;2-5,7-12H,1H3;1-9,11-13H;3-6,8-11H,1-2H3;;;;;/q5*-2;;;;;. The molecular weight excluding hydrogens is 2040 g/mol. The molecule has 16 heteroatoms. The van der Waals surface area contributed by atoms with E-state index in [1.54, 1.807) is 6.20 Å². The van der Waals surface area contributed by atoms with Gasteiger partial charge in [0.1, 0.15) is 0 Å². The van der Waals surface area contributed by atoms with E-state index in [0.29, 0.717) is 6.04 Å². The summed E-state index contributed by atoms with van der Waals surface area (Å²) >= 11 is 0. The number of aromatic nitrogens is 1. The summed E-state index contributed by atoms with van der Waals surface area (Å²) in [5, 5.41) is 0. The van der Waals surface area contributed by atoms with Gasteiger partial charge in [0.15, 0.2) is 0 Å². The van der Waals surface area contributed by atoms with Gasteiger partial charge in [0.2, 0.25) is 0 Å². The molecule has 8 aromatic carbocycles. The Morgan fingerprint density at radius 3 is 1.35 bits per heavy atom. The van der Waals surface area contributed by atoms with Gasteiger partial charge in [-0.15, -0.1) is 75.6 Å². The van der Waals surface area contributed by atoms with Crippen molar-refractivity contribution in [1.82, 2.24) is 24.6 Å². The van der Waals surface area contributed by atoms with Crippen LogP contribution >= 0.6 is 0 Å². The Hall–Kier alpha value is -7.14.